The van der Waals surface area contributed by atoms with E-state index in [1.807, 2.05) is 0 Å². The van der Waals surface area contributed by atoms with Crippen LogP contribution in [0.15, 0.2) is 12.2 Å². The zero-order valence-corrected chi connectivity index (χ0v) is 8.34. The molecule has 1 aliphatic carbocycles. The SMILES string of the molecule is OCCCCCNC1CC=CCC1. The van der Waals surface area contributed by atoms with Crippen molar-refractivity contribution >= 4 is 0 Å². The molecule has 0 aliphatic heterocycles. The topological polar surface area (TPSA) is 32.3 Å². The first-order chi connectivity index (χ1) is 6.43. The van der Waals surface area contributed by atoms with Crippen LogP contribution in [-0.4, -0.2) is 24.3 Å². The van der Waals surface area contributed by atoms with Crippen LogP contribution < -0.4 is 5.32 Å². The van der Waals surface area contributed by atoms with E-state index in [0.717, 1.165) is 19.4 Å². The number of unbranched alkanes of at least 4 members (excludes halogenated alkanes) is 2. The van der Waals surface area contributed by atoms with Gasteiger partial charge in [0.1, 0.15) is 0 Å². The maximum atomic E-state index is 8.58. The van der Waals surface area contributed by atoms with Crippen molar-refractivity contribution in [3.05, 3.63) is 12.2 Å². The second-order valence-corrected chi connectivity index (χ2v) is 3.72. The van der Waals surface area contributed by atoms with E-state index in [1.54, 1.807) is 0 Å². The fraction of sp³-hybridized carbons (Fsp3) is 0.818. The first-order valence-corrected chi connectivity index (χ1v) is 5.42. The molecule has 1 rings (SSSR count). The van der Waals surface area contributed by atoms with Crippen LogP contribution in [-0.2, 0) is 0 Å². The lowest BCUT2D eigenvalue weighted by Crippen LogP contribution is -2.30. The highest BCUT2D eigenvalue weighted by Gasteiger charge is 2.07. The van der Waals surface area contributed by atoms with Crippen LogP contribution in [0, 0.1) is 0 Å². The lowest BCUT2D eigenvalue weighted by atomic mass is 10.0. The smallest absolute Gasteiger partial charge is 0.0431 e. The molecule has 0 amide bonds. The van der Waals surface area contributed by atoms with Gasteiger partial charge in [0, 0.05) is 12.6 Å². The molecule has 0 aromatic carbocycles. The van der Waals surface area contributed by atoms with Crippen molar-refractivity contribution in [3.8, 4) is 0 Å². The quantitative estimate of drug-likeness (QED) is 0.486. The summed E-state index contributed by atoms with van der Waals surface area (Å²) in [6.45, 7) is 1.45. The van der Waals surface area contributed by atoms with E-state index in [1.165, 1.54) is 25.7 Å². The highest BCUT2D eigenvalue weighted by molar-refractivity contribution is 4.92. The van der Waals surface area contributed by atoms with Crippen molar-refractivity contribution in [2.45, 2.75) is 44.6 Å². The second-order valence-electron chi connectivity index (χ2n) is 3.72. The third-order valence-corrected chi connectivity index (χ3v) is 2.54. The molecule has 0 spiro atoms. The van der Waals surface area contributed by atoms with Crippen molar-refractivity contribution in [1.29, 1.82) is 0 Å². The van der Waals surface area contributed by atoms with Gasteiger partial charge >= 0.3 is 0 Å². The molecule has 2 nitrogen and oxygen atoms in total. The van der Waals surface area contributed by atoms with Gasteiger partial charge in [0.05, 0.1) is 0 Å². The lowest BCUT2D eigenvalue weighted by molar-refractivity contribution is 0.282. The number of aliphatic hydroxyl groups excluding tert-OH is 1. The molecule has 0 radical (unpaired) electrons. The van der Waals surface area contributed by atoms with Crippen molar-refractivity contribution in [3.63, 3.8) is 0 Å². The van der Waals surface area contributed by atoms with Crippen LogP contribution >= 0.6 is 0 Å². The van der Waals surface area contributed by atoms with E-state index in [9.17, 15) is 0 Å². The molecular weight excluding hydrogens is 162 g/mol. The Balaban J connectivity index is 1.90. The summed E-state index contributed by atoms with van der Waals surface area (Å²) in [7, 11) is 0. The van der Waals surface area contributed by atoms with E-state index in [4.69, 9.17) is 5.11 Å². The van der Waals surface area contributed by atoms with Gasteiger partial charge in [-0.15, -0.1) is 0 Å². The Hall–Kier alpha value is -0.340. The van der Waals surface area contributed by atoms with Crippen LogP contribution in [0.1, 0.15) is 38.5 Å². The molecule has 13 heavy (non-hydrogen) atoms. The van der Waals surface area contributed by atoms with Gasteiger partial charge in [-0.2, -0.15) is 0 Å². The molecule has 0 fully saturated rings. The number of aliphatic hydroxyl groups is 1. The molecule has 2 N–H and O–H groups in total. The molecule has 0 aromatic heterocycles. The first-order valence-electron chi connectivity index (χ1n) is 5.42. The zero-order valence-electron chi connectivity index (χ0n) is 8.34. The molecule has 2 heteroatoms. The molecule has 0 heterocycles. The maximum Gasteiger partial charge on any atom is 0.0431 e. The number of rotatable bonds is 6. The van der Waals surface area contributed by atoms with Crippen LogP contribution in [0.5, 0.6) is 0 Å². The summed E-state index contributed by atoms with van der Waals surface area (Å²) in [5.41, 5.74) is 0. The number of allylic oxidation sites excluding steroid dienone is 1. The summed E-state index contributed by atoms with van der Waals surface area (Å²) in [5, 5.41) is 12.1. The minimum Gasteiger partial charge on any atom is -0.396 e. The van der Waals surface area contributed by atoms with Gasteiger partial charge in [-0.25, -0.2) is 0 Å². The molecular formula is C11H21NO. The molecule has 0 bridgehead atoms. The third-order valence-electron chi connectivity index (χ3n) is 2.54. The first kappa shape index (κ1) is 10.7. The Morgan fingerprint density at radius 1 is 1.23 bits per heavy atom. The molecule has 1 atom stereocenters. The van der Waals surface area contributed by atoms with Gasteiger partial charge < -0.3 is 10.4 Å². The Morgan fingerprint density at radius 3 is 2.85 bits per heavy atom. The second kappa shape index (κ2) is 7.10. The van der Waals surface area contributed by atoms with E-state index in [-0.39, 0.29) is 0 Å². The highest BCUT2D eigenvalue weighted by atomic mass is 16.2. The Morgan fingerprint density at radius 2 is 2.15 bits per heavy atom. The van der Waals surface area contributed by atoms with Gasteiger partial charge in [0.25, 0.3) is 0 Å². The third kappa shape index (κ3) is 5.06. The van der Waals surface area contributed by atoms with E-state index >= 15 is 0 Å². The lowest BCUT2D eigenvalue weighted by Gasteiger charge is -2.19. The predicted molar refractivity (Wildman–Crippen MR) is 55.7 cm³/mol. The predicted octanol–water partition coefficient (Wildman–Crippen LogP) is 1.85. The molecule has 1 unspecified atom stereocenters. The number of hydrogen-bond acceptors (Lipinski definition) is 2. The summed E-state index contributed by atoms with van der Waals surface area (Å²) in [6, 6.07) is 0.708. The summed E-state index contributed by atoms with van der Waals surface area (Å²) >= 11 is 0. The highest BCUT2D eigenvalue weighted by Crippen LogP contribution is 2.10. The fourth-order valence-corrected chi connectivity index (χ4v) is 1.70. The largest absolute Gasteiger partial charge is 0.396 e. The van der Waals surface area contributed by atoms with Gasteiger partial charge in [-0.3, -0.25) is 0 Å². The summed E-state index contributed by atoms with van der Waals surface area (Å²) in [6.07, 6.45) is 11.5. The average molecular weight is 183 g/mol. The summed E-state index contributed by atoms with van der Waals surface area (Å²) in [5.74, 6) is 0. The van der Waals surface area contributed by atoms with Crippen molar-refractivity contribution in [2.75, 3.05) is 13.2 Å². The molecule has 0 saturated carbocycles. The van der Waals surface area contributed by atoms with Crippen molar-refractivity contribution in [2.24, 2.45) is 0 Å². The van der Waals surface area contributed by atoms with E-state index < -0.39 is 0 Å². The molecule has 76 valence electrons. The van der Waals surface area contributed by atoms with Crippen molar-refractivity contribution in [1.82, 2.24) is 5.32 Å². The standard InChI is InChI=1S/C11H21NO/c13-10-6-2-5-9-12-11-7-3-1-4-8-11/h1,3,11-13H,2,4-10H2. The monoisotopic (exact) mass is 183 g/mol. The number of nitrogens with one attached hydrogen (secondary N) is 1. The Kier molecular flexibility index (Phi) is 5.87. The van der Waals surface area contributed by atoms with Gasteiger partial charge in [0.15, 0.2) is 0 Å². The molecule has 1 aliphatic rings. The van der Waals surface area contributed by atoms with Gasteiger partial charge in [-0.1, -0.05) is 12.2 Å². The van der Waals surface area contributed by atoms with Crippen LogP contribution in [0.25, 0.3) is 0 Å². The zero-order chi connectivity index (χ0) is 9.36. The van der Waals surface area contributed by atoms with Gasteiger partial charge in [0.2, 0.25) is 0 Å². The van der Waals surface area contributed by atoms with E-state index in [0.29, 0.717) is 12.6 Å². The van der Waals surface area contributed by atoms with Crippen LogP contribution in [0.3, 0.4) is 0 Å². The van der Waals surface area contributed by atoms with Crippen LogP contribution in [0.4, 0.5) is 0 Å². The minimum atomic E-state index is 0.339. The summed E-state index contributed by atoms with van der Waals surface area (Å²) < 4.78 is 0. The normalized spacial score (nSPS) is 22.1. The van der Waals surface area contributed by atoms with Crippen molar-refractivity contribution < 1.29 is 5.11 Å². The van der Waals surface area contributed by atoms with E-state index in [2.05, 4.69) is 17.5 Å². The minimum absolute atomic E-state index is 0.339. The average Bonchev–Trinajstić information content (AvgIpc) is 2.19. The molecule has 0 saturated heterocycles. The fourth-order valence-electron chi connectivity index (χ4n) is 1.70. The summed E-state index contributed by atoms with van der Waals surface area (Å²) in [4.78, 5) is 0. The Labute approximate surface area is 81.0 Å². The number of hydrogen-bond donors (Lipinski definition) is 2. The maximum absolute atomic E-state index is 8.58. The Bertz CT molecular complexity index is 145. The van der Waals surface area contributed by atoms with Gasteiger partial charge in [-0.05, 0) is 45.1 Å². The molecule has 0 aromatic rings. The van der Waals surface area contributed by atoms with Crippen LogP contribution in [0.2, 0.25) is 0 Å².